The van der Waals surface area contributed by atoms with Crippen molar-refractivity contribution in [3.05, 3.63) is 33.8 Å². The van der Waals surface area contributed by atoms with Crippen molar-refractivity contribution < 1.29 is 0 Å². The van der Waals surface area contributed by atoms with Crippen molar-refractivity contribution in [2.24, 2.45) is 5.73 Å². The molecule has 0 bridgehead atoms. The van der Waals surface area contributed by atoms with Crippen LogP contribution in [0.5, 0.6) is 0 Å². The molecule has 0 aliphatic heterocycles. The molecule has 0 saturated heterocycles. The molecule has 15 heavy (non-hydrogen) atoms. The van der Waals surface area contributed by atoms with Crippen LogP contribution in [0.2, 0.25) is 10.0 Å². The topological polar surface area (TPSA) is 29.3 Å². The molecule has 2 N–H and O–H groups in total. The Labute approximate surface area is 101 Å². The number of nitrogens with two attached hydrogens (primary N) is 1. The van der Waals surface area contributed by atoms with Gasteiger partial charge in [0, 0.05) is 29.2 Å². The highest BCUT2D eigenvalue weighted by molar-refractivity contribution is 6.35. The Balaban J connectivity index is 2.72. The van der Waals surface area contributed by atoms with Gasteiger partial charge >= 0.3 is 0 Å². The van der Waals surface area contributed by atoms with Gasteiger partial charge < -0.3 is 5.73 Å². The Morgan fingerprint density at radius 1 is 1.40 bits per heavy atom. The Kier molecular flexibility index (Phi) is 4.87. The highest BCUT2D eigenvalue weighted by Gasteiger charge is 2.09. The van der Waals surface area contributed by atoms with Gasteiger partial charge in [-0.2, -0.15) is 0 Å². The van der Waals surface area contributed by atoms with Gasteiger partial charge in [0.2, 0.25) is 0 Å². The van der Waals surface area contributed by atoms with E-state index in [1.807, 2.05) is 19.2 Å². The van der Waals surface area contributed by atoms with Gasteiger partial charge in [-0.05, 0) is 31.7 Å². The highest BCUT2D eigenvalue weighted by atomic mass is 35.5. The molecule has 0 aromatic heterocycles. The monoisotopic (exact) mass is 246 g/mol. The summed E-state index contributed by atoms with van der Waals surface area (Å²) in [6.07, 6.45) is 0. The van der Waals surface area contributed by atoms with Gasteiger partial charge in [0.1, 0.15) is 0 Å². The SMILES string of the molecule is CC(CN)N(C)Cc1ccc(Cl)cc1Cl. The van der Waals surface area contributed by atoms with E-state index in [0.717, 1.165) is 12.1 Å². The van der Waals surface area contributed by atoms with Crippen LogP contribution in [0.3, 0.4) is 0 Å². The van der Waals surface area contributed by atoms with Crippen LogP contribution < -0.4 is 5.73 Å². The molecule has 0 amide bonds. The van der Waals surface area contributed by atoms with Crippen molar-refractivity contribution in [2.75, 3.05) is 13.6 Å². The maximum Gasteiger partial charge on any atom is 0.0465 e. The minimum atomic E-state index is 0.344. The van der Waals surface area contributed by atoms with E-state index in [9.17, 15) is 0 Å². The zero-order valence-corrected chi connectivity index (χ0v) is 10.5. The molecule has 0 aliphatic rings. The summed E-state index contributed by atoms with van der Waals surface area (Å²) in [5, 5.41) is 1.37. The maximum absolute atomic E-state index is 6.08. The molecule has 1 rings (SSSR count). The highest BCUT2D eigenvalue weighted by Crippen LogP contribution is 2.22. The normalized spacial score (nSPS) is 13.2. The summed E-state index contributed by atoms with van der Waals surface area (Å²) < 4.78 is 0. The second-order valence-electron chi connectivity index (χ2n) is 3.74. The van der Waals surface area contributed by atoms with E-state index in [0.29, 0.717) is 22.6 Å². The summed E-state index contributed by atoms with van der Waals surface area (Å²) in [5.41, 5.74) is 6.67. The van der Waals surface area contributed by atoms with Gasteiger partial charge in [-0.3, -0.25) is 4.90 Å². The minimum absolute atomic E-state index is 0.344. The van der Waals surface area contributed by atoms with E-state index in [1.165, 1.54) is 0 Å². The van der Waals surface area contributed by atoms with Gasteiger partial charge in [0.25, 0.3) is 0 Å². The number of likely N-dealkylation sites (N-methyl/N-ethyl adjacent to an activating group) is 1. The number of hydrogen-bond acceptors (Lipinski definition) is 2. The zero-order valence-electron chi connectivity index (χ0n) is 9.00. The van der Waals surface area contributed by atoms with Crippen LogP contribution in [0.1, 0.15) is 12.5 Å². The first-order chi connectivity index (χ1) is 7.04. The molecule has 2 nitrogen and oxygen atoms in total. The van der Waals surface area contributed by atoms with Crippen LogP contribution in [-0.4, -0.2) is 24.5 Å². The fraction of sp³-hybridized carbons (Fsp3) is 0.455. The summed E-state index contributed by atoms with van der Waals surface area (Å²) in [4.78, 5) is 2.16. The average molecular weight is 247 g/mol. The summed E-state index contributed by atoms with van der Waals surface area (Å²) in [7, 11) is 2.03. The molecule has 1 unspecified atom stereocenters. The lowest BCUT2D eigenvalue weighted by molar-refractivity contribution is 0.255. The molecule has 0 spiro atoms. The van der Waals surface area contributed by atoms with E-state index in [4.69, 9.17) is 28.9 Å². The van der Waals surface area contributed by atoms with Gasteiger partial charge in [-0.15, -0.1) is 0 Å². The van der Waals surface area contributed by atoms with Crippen molar-refractivity contribution in [3.63, 3.8) is 0 Å². The van der Waals surface area contributed by atoms with Gasteiger partial charge in [0.15, 0.2) is 0 Å². The third kappa shape index (κ3) is 3.65. The quantitative estimate of drug-likeness (QED) is 0.886. The first kappa shape index (κ1) is 12.8. The number of rotatable bonds is 4. The fourth-order valence-electron chi connectivity index (χ4n) is 1.25. The Bertz CT molecular complexity index is 328. The van der Waals surface area contributed by atoms with E-state index in [-0.39, 0.29) is 0 Å². The second-order valence-corrected chi connectivity index (χ2v) is 4.58. The lowest BCUT2D eigenvalue weighted by atomic mass is 10.2. The first-order valence-electron chi connectivity index (χ1n) is 4.89. The Morgan fingerprint density at radius 3 is 2.60 bits per heavy atom. The fourth-order valence-corrected chi connectivity index (χ4v) is 1.72. The number of benzene rings is 1. The predicted octanol–water partition coefficient (Wildman–Crippen LogP) is 2.77. The molecule has 0 radical (unpaired) electrons. The Hall–Kier alpha value is -0.280. The molecular weight excluding hydrogens is 231 g/mol. The van der Waals surface area contributed by atoms with E-state index in [2.05, 4.69) is 11.8 Å². The van der Waals surface area contributed by atoms with Crippen LogP contribution >= 0.6 is 23.2 Å². The lowest BCUT2D eigenvalue weighted by Gasteiger charge is -2.23. The van der Waals surface area contributed by atoms with Gasteiger partial charge in [-0.25, -0.2) is 0 Å². The largest absolute Gasteiger partial charge is 0.329 e. The molecule has 1 atom stereocenters. The number of nitrogens with zero attached hydrogens (tertiary/aromatic N) is 1. The smallest absolute Gasteiger partial charge is 0.0465 e. The van der Waals surface area contributed by atoms with Crippen molar-refractivity contribution in [2.45, 2.75) is 19.5 Å². The molecular formula is C11H16Cl2N2. The second kappa shape index (κ2) is 5.71. The predicted molar refractivity (Wildman–Crippen MR) is 66.4 cm³/mol. The third-order valence-corrected chi connectivity index (χ3v) is 3.12. The molecule has 84 valence electrons. The van der Waals surface area contributed by atoms with E-state index < -0.39 is 0 Å². The van der Waals surface area contributed by atoms with Crippen LogP contribution in [-0.2, 0) is 6.54 Å². The van der Waals surface area contributed by atoms with Crippen LogP contribution in [0.4, 0.5) is 0 Å². The molecule has 0 heterocycles. The number of halogens is 2. The molecule has 0 fully saturated rings. The van der Waals surface area contributed by atoms with Crippen molar-refractivity contribution in [3.8, 4) is 0 Å². The van der Waals surface area contributed by atoms with E-state index in [1.54, 1.807) is 6.07 Å². The zero-order chi connectivity index (χ0) is 11.4. The summed E-state index contributed by atoms with van der Waals surface area (Å²) in [6, 6.07) is 5.91. The Morgan fingerprint density at radius 2 is 2.07 bits per heavy atom. The van der Waals surface area contributed by atoms with E-state index >= 15 is 0 Å². The van der Waals surface area contributed by atoms with Crippen molar-refractivity contribution >= 4 is 23.2 Å². The molecule has 0 saturated carbocycles. The average Bonchev–Trinajstić information content (AvgIpc) is 2.20. The summed E-state index contributed by atoms with van der Waals surface area (Å²) in [6.45, 7) is 3.51. The van der Waals surface area contributed by atoms with Crippen LogP contribution in [0, 0.1) is 0 Å². The number of hydrogen-bond donors (Lipinski definition) is 1. The van der Waals surface area contributed by atoms with Crippen LogP contribution in [0.15, 0.2) is 18.2 Å². The van der Waals surface area contributed by atoms with Gasteiger partial charge in [-0.1, -0.05) is 29.3 Å². The maximum atomic E-state index is 6.08. The lowest BCUT2D eigenvalue weighted by Crippen LogP contribution is -2.34. The van der Waals surface area contributed by atoms with Crippen molar-refractivity contribution in [1.82, 2.24) is 4.90 Å². The standard InChI is InChI=1S/C11H16Cl2N2/c1-8(6-14)15(2)7-9-3-4-10(12)5-11(9)13/h3-5,8H,6-7,14H2,1-2H3. The van der Waals surface area contributed by atoms with Crippen molar-refractivity contribution in [1.29, 1.82) is 0 Å². The molecule has 0 aliphatic carbocycles. The third-order valence-electron chi connectivity index (χ3n) is 2.53. The van der Waals surface area contributed by atoms with Crippen LogP contribution in [0.25, 0.3) is 0 Å². The van der Waals surface area contributed by atoms with Gasteiger partial charge in [0.05, 0.1) is 0 Å². The molecule has 1 aromatic rings. The molecule has 4 heteroatoms. The summed E-state index contributed by atoms with van der Waals surface area (Å²) in [5.74, 6) is 0. The minimum Gasteiger partial charge on any atom is -0.329 e. The summed E-state index contributed by atoms with van der Waals surface area (Å²) >= 11 is 11.9. The molecule has 1 aromatic carbocycles. The first-order valence-corrected chi connectivity index (χ1v) is 5.64.